The number of aromatic hydroxyl groups is 1. The summed E-state index contributed by atoms with van der Waals surface area (Å²) >= 11 is 0. The van der Waals surface area contributed by atoms with Crippen molar-refractivity contribution < 1.29 is 5.11 Å². The maximum absolute atomic E-state index is 10.6. The predicted octanol–water partition coefficient (Wildman–Crippen LogP) is 6.08. The number of aliphatic imine (C=N–C) groups is 1. The Hall–Kier alpha value is -2.44. The molecule has 0 saturated heterocycles. The molecule has 3 aromatic carbocycles. The molecule has 0 aromatic heterocycles. The molecule has 0 amide bonds. The predicted molar refractivity (Wildman–Crippen MR) is 119 cm³/mol. The van der Waals surface area contributed by atoms with Crippen LogP contribution >= 0.6 is 8.58 Å². The van der Waals surface area contributed by atoms with E-state index < -0.39 is 0 Å². The zero-order valence-corrected chi connectivity index (χ0v) is 17.1. The van der Waals surface area contributed by atoms with Crippen molar-refractivity contribution in [1.82, 2.24) is 0 Å². The number of hydrogen-bond donors (Lipinski definition) is 1. The summed E-state index contributed by atoms with van der Waals surface area (Å²) in [7, 11) is 0.534. The van der Waals surface area contributed by atoms with Crippen LogP contribution in [0.3, 0.4) is 0 Å². The van der Waals surface area contributed by atoms with Gasteiger partial charge in [-0.1, -0.05) is 83.1 Å². The Labute approximate surface area is 163 Å². The van der Waals surface area contributed by atoms with Crippen molar-refractivity contribution in [3.8, 4) is 5.75 Å². The Morgan fingerprint density at radius 1 is 0.963 bits per heavy atom. The highest BCUT2D eigenvalue weighted by Crippen LogP contribution is 2.47. The fourth-order valence-electron chi connectivity index (χ4n) is 3.13. The second-order valence-corrected chi connectivity index (χ2v) is 8.85. The molecule has 2 atom stereocenters. The Kier molecular flexibility index (Phi) is 6.08. The van der Waals surface area contributed by atoms with Crippen LogP contribution < -0.4 is 5.30 Å². The maximum Gasteiger partial charge on any atom is 0.122 e. The van der Waals surface area contributed by atoms with Crippen LogP contribution in [0.5, 0.6) is 5.75 Å². The number of para-hydroxylation sites is 2. The monoisotopic (exact) mass is 375 g/mol. The van der Waals surface area contributed by atoms with Crippen molar-refractivity contribution in [3.05, 3.63) is 89.5 Å². The van der Waals surface area contributed by atoms with E-state index in [1.165, 1.54) is 5.30 Å². The van der Waals surface area contributed by atoms with Gasteiger partial charge in [-0.25, -0.2) is 0 Å². The van der Waals surface area contributed by atoms with Gasteiger partial charge in [0.05, 0.1) is 5.69 Å². The topological polar surface area (TPSA) is 32.6 Å². The summed E-state index contributed by atoms with van der Waals surface area (Å²) in [6.45, 7) is 6.39. The zero-order valence-electron chi connectivity index (χ0n) is 16.1. The minimum Gasteiger partial charge on any atom is -0.507 e. The lowest BCUT2D eigenvalue weighted by atomic mass is 9.94. The summed E-state index contributed by atoms with van der Waals surface area (Å²) in [5.74, 6) is 0.421. The van der Waals surface area contributed by atoms with E-state index in [0.29, 0.717) is 14.3 Å². The third-order valence-electron chi connectivity index (χ3n) is 5.02. The number of aryl methyl sites for hydroxylation is 1. The van der Waals surface area contributed by atoms with Gasteiger partial charge in [0, 0.05) is 22.5 Å². The number of phenols is 1. The van der Waals surface area contributed by atoms with Crippen molar-refractivity contribution >= 4 is 25.8 Å². The summed E-state index contributed by atoms with van der Waals surface area (Å²) in [5.41, 5.74) is 4.03. The van der Waals surface area contributed by atoms with Crippen LogP contribution in [0.2, 0.25) is 0 Å². The molecule has 0 radical (unpaired) electrons. The first-order valence-corrected chi connectivity index (χ1v) is 10.3. The number of benzene rings is 3. The fraction of sp³-hybridized carbons (Fsp3) is 0.208. The van der Waals surface area contributed by atoms with Crippen molar-refractivity contribution in [2.24, 2.45) is 4.99 Å². The van der Waals surface area contributed by atoms with E-state index in [9.17, 15) is 5.11 Å². The van der Waals surface area contributed by atoms with E-state index in [4.69, 9.17) is 0 Å². The molecule has 3 heteroatoms. The quantitative estimate of drug-likeness (QED) is 0.411. The number of hydrogen-bond acceptors (Lipinski definition) is 2. The Morgan fingerprint density at radius 3 is 2.41 bits per heavy atom. The Bertz CT molecular complexity index is 936. The van der Waals surface area contributed by atoms with Gasteiger partial charge in [0.1, 0.15) is 5.75 Å². The highest BCUT2D eigenvalue weighted by molar-refractivity contribution is 7.48. The second kappa shape index (κ2) is 8.50. The minimum absolute atomic E-state index is 0.118. The molecule has 2 unspecified atom stereocenters. The van der Waals surface area contributed by atoms with Crippen LogP contribution in [0, 0.1) is 6.92 Å². The Morgan fingerprint density at radius 2 is 1.67 bits per heavy atom. The van der Waals surface area contributed by atoms with Gasteiger partial charge in [0.25, 0.3) is 0 Å². The molecule has 0 aliphatic heterocycles. The molecule has 0 bridgehead atoms. The Balaban J connectivity index is 1.94. The number of rotatable bonds is 6. The van der Waals surface area contributed by atoms with Crippen molar-refractivity contribution in [2.75, 3.05) is 0 Å². The van der Waals surface area contributed by atoms with Crippen LogP contribution in [0.15, 0.2) is 77.8 Å². The van der Waals surface area contributed by atoms with E-state index >= 15 is 0 Å². The van der Waals surface area contributed by atoms with E-state index in [1.807, 2.05) is 61.7 Å². The molecule has 0 fully saturated rings. The zero-order chi connectivity index (χ0) is 19.3. The standard InChI is InChI=1S/C24H26NOP/c1-4-24(3,21-15-10-11-18(2)23(21)26)27-22-16-9-8-12-19(22)17-25-20-13-6-5-7-14-20/h5-17,26-27H,4H2,1-3H3. The van der Waals surface area contributed by atoms with Gasteiger partial charge in [0.2, 0.25) is 0 Å². The summed E-state index contributed by atoms with van der Waals surface area (Å²) in [5, 5.41) is 11.8. The SMILES string of the molecule is CCC(C)(Pc1ccccc1C=Nc1ccccc1)c1cccc(C)c1O. The van der Waals surface area contributed by atoms with Gasteiger partial charge < -0.3 is 5.11 Å². The van der Waals surface area contributed by atoms with Crippen molar-refractivity contribution in [3.63, 3.8) is 0 Å². The van der Waals surface area contributed by atoms with E-state index in [-0.39, 0.29) is 5.16 Å². The van der Waals surface area contributed by atoms with E-state index in [0.717, 1.165) is 28.8 Å². The number of phenolic OH excluding ortho intramolecular Hbond substituents is 1. The summed E-state index contributed by atoms with van der Waals surface area (Å²) in [6, 6.07) is 24.4. The van der Waals surface area contributed by atoms with Crippen LogP contribution in [-0.2, 0) is 5.16 Å². The lowest BCUT2D eigenvalue weighted by Gasteiger charge is -2.31. The van der Waals surface area contributed by atoms with Crippen LogP contribution in [-0.4, -0.2) is 11.3 Å². The third-order valence-corrected chi connectivity index (χ3v) is 6.92. The summed E-state index contributed by atoms with van der Waals surface area (Å²) in [6.07, 6.45) is 2.90. The lowest BCUT2D eigenvalue weighted by molar-refractivity contribution is 0.452. The average molecular weight is 375 g/mol. The minimum atomic E-state index is -0.118. The largest absolute Gasteiger partial charge is 0.507 e. The van der Waals surface area contributed by atoms with Crippen LogP contribution in [0.25, 0.3) is 0 Å². The van der Waals surface area contributed by atoms with Crippen molar-refractivity contribution in [1.29, 1.82) is 0 Å². The first-order valence-electron chi connectivity index (χ1n) is 9.29. The molecule has 2 nitrogen and oxygen atoms in total. The molecule has 0 heterocycles. The second-order valence-electron chi connectivity index (χ2n) is 6.96. The first-order chi connectivity index (χ1) is 13.0. The van der Waals surface area contributed by atoms with Crippen LogP contribution in [0.4, 0.5) is 5.69 Å². The number of nitrogens with zero attached hydrogens (tertiary/aromatic N) is 1. The molecule has 0 saturated carbocycles. The third kappa shape index (κ3) is 4.46. The van der Waals surface area contributed by atoms with Gasteiger partial charge in [0.15, 0.2) is 0 Å². The molecule has 138 valence electrons. The molecular formula is C24H26NOP. The molecule has 3 rings (SSSR count). The van der Waals surface area contributed by atoms with E-state index in [2.05, 4.69) is 43.1 Å². The molecule has 0 spiro atoms. The molecular weight excluding hydrogens is 349 g/mol. The van der Waals surface area contributed by atoms with E-state index in [1.54, 1.807) is 0 Å². The molecule has 0 aliphatic rings. The summed E-state index contributed by atoms with van der Waals surface area (Å²) in [4.78, 5) is 4.63. The first kappa shape index (κ1) is 19.3. The molecule has 1 N–H and O–H groups in total. The van der Waals surface area contributed by atoms with Crippen molar-refractivity contribution in [2.45, 2.75) is 32.3 Å². The maximum atomic E-state index is 10.6. The summed E-state index contributed by atoms with van der Waals surface area (Å²) < 4.78 is 0. The van der Waals surface area contributed by atoms with Gasteiger partial charge >= 0.3 is 0 Å². The molecule has 3 aromatic rings. The smallest absolute Gasteiger partial charge is 0.122 e. The van der Waals surface area contributed by atoms with Gasteiger partial charge in [-0.2, -0.15) is 0 Å². The van der Waals surface area contributed by atoms with Crippen LogP contribution in [0.1, 0.15) is 37.0 Å². The highest BCUT2D eigenvalue weighted by Gasteiger charge is 2.29. The average Bonchev–Trinajstić information content (AvgIpc) is 2.70. The lowest BCUT2D eigenvalue weighted by Crippen LogP contribution is -2.20. The van der Waals surface area contributed by atoms with Gasteiger partial charge in [-0.15, -0.1) is 0 Å². The molecule has 27 heavy (non-hydrogen) atoms. The van der Waals surface area contributed by atoms with Gasteiger partial charge in [-0.05, 0) is 36.3 Å². The van der Waals surface area contributed by atoms with Gasteiger partial charge in [-0.3, -0.25) is 4.99 Å². The fourth-order valence-corrected chi connectivity index (χ4v) is 4.71. The molecule has 0 aliphatic carbocycles. The normalized spacial score (nSPS) is 14.0. The highest BCUT2D eigenvalue weighted by atomic mass is 31.1.